The van der Waals surface area contributed by atoms with E-state index in [-0.39, 0.29) is 6.61 Å². The molecule has 0 unspecified atom stereocenters. The molecule has 0 aliphatic carbocycles. The monoisotopic (exact) mass is 396 g/mol. The molecule has 0 N–H and O–H groups in total. The third kappa shape index (κ3) is 3.53. The fourth-order valence-corrected chi connectivity index (χ4v) is 3.57. The van der Waals surface area contributed by atoms with Crippen LogP contribution in [-0.4, -0.2) is 20.7 Å². The Kier molecular flexibility index (Phi) is 5.03. The van der Waals surface area contributed by atoms with Crippen LogP contribution < -0.4 is 0 Å². The first kappa shape index (κ1) is 19.3. The first-order valence-electron chi connectivity index (χ1n) is 9.54. The van der Waals surface area contributed by atoms with Gasteiger partial charge in [-0.2, -0.15) is 10.4 Å². The predicted octanol–water partition coefficient (Wildman–Crippen LogP) is 4.48. The molecule has 148 valence electrons. The number of fused-ring (bicyclic) bond motifs is 1. The van der Waals surface area contributed by atoms with E-state index in [1.165, 1.54) is 0 Å². The molecule has 30 heavy (non-hydrogen) atoms. The molecule has 0 saturated heterocycles. The minimum Gasteiger partial charge on any atom is -0.457 e. The Labute approximate surface area is 174 Å². The molecule has 0 spiro atoms. The largest absolute Gasteiger partial charge is 0.457 e. The zero-order valence-corrected chi connectivity index (χ0v) is 17.0. The van der Waals surface area contributed by atoms with E-state index in [0.29, 0.717) is 16.8 Å². The van der Waals surface area contributed by atoms with Crippen molar-refractivity contribution in [2.24, 2.45) is 7.05 Å². The van der Waals surface area contributed by atoms with Crippen molar-refractivity contribution >= 4 is 17.0 Å². The molecule has 0 aliphatic heterocycles. The first-order chi connectivity index (χ1) is 14.5. The minimum absolute atomic E-state index is 0.154. The lowest BCUT2D eigenvalue weighted by Crippen LogP contribution is -2.07. The molecule has 0 saturated carbocycles. The quantitative estimate of drug-likeness (QED) is 0.475. The number of aromatic nitrogens is 3. The smallest absolute Gasteiger partial charge is 0.339 e. The van der Waals surface area contributed by atoms with Crippen LogP contribution in [0.5, 0.6) is 0 Å². The minimum atomic E-state index is -0.402. The second-order valence-corrected chi connectivity index (χ2v) is 7.15. The van der Waals surface area contributed by atoms with Gasteiger partial charge in [0.1, 0.15) is 6.61 Å². The topological polar surface area (TPSA) is 80.8 Å². The van der Waals surface area contributed by atoms with Crippen molar-refractivity contribution < 1.29 is 9.53 Å². The summed E-state index contributed by atoms with van der Waals surface area (Å²) in [6.07, 6.45) is 0. The van der Waals surface area contributed by atoms with Crippen molar-refractivity contribution in [1.29, 1.82) is 5.26 Å². The second-order valence-electron chi connectivity index (χ2n) is 7.15. The Morgan fingerprint density at radius 2 is 1.87 bits per heavy atom. The van der Waals surface area contributed by atoms with Crippen LogP contribution in [0.2, 0.25) is 0 Å². The van der Waals surface area contributed by atoms with E-state index in [1.807, 2.05) is 63.4 Å². The molecule has 2 heterocycles. The third-order valence-electron chi connectivity index (χ3n) is 5.00. The summed E-state index contributed by atoms with van der Waals surface area (Å²) in [5, 5.41) is 14.4. The highest BCUT2D eigenvalue weighted by atomic mass is 16.5. The van der Waals surface area contributed by atoms with Crippen molar-refractivity contribution in [3.63, 3.8) is 0 Å². The molecular weight excluding hydrogens is 376 g/mol. The lowest BCUT2D eigenvalue weighted by atomic mass is 9.99. The van der Waals surface area contributed by atoms with E-state index >= 15 is 0 Å². The van der Waals surface area contributed by atoms with Gasteiger partial charge >= 0.3 is 5.97 Å². The van der Waals surface area contributed by atoms with Crippen molar-refractivity contribution in [3.8, 4) is 17.2 Å². The number of nitriles is 1. The molecular formula is C24H20N4O2. The fraction of sp³-hybridized carbons (Fsp3) is 0.167. The second kappa shape index (κ2) is 7.80. The lowest BCUT2D eigenvalue weighted by Gasteiger charge is -2.09. The van der Waals surface area contributed by atoms with E-state index in [0.717, 1.165) is 33.5 Å². The molecule has 0 bridgehead atoms. The van der Waals surface area contributed by atoms with Gasteiger partial charge in [0.2, 0.25) is 0 Å². The summed E-state index contributed by atoms with van der Waals surface area (Å²) in [6, 6.07) is 19.1. The molecule has 0 atom stereocenters. The maximum absolute atomic E-state index is 12.8. The molecule has 0 amide bonds. The number of benzene rings is 2. The summed E-state index contributed by atoms with van der Waals surface area (Å²) in [4.78, 5) is 17.3. The van der Waals surface area contributed by atoms with Gasteiger partial charge in [-0.05, 0) is 42.7 Å². The van der Waals surface area contributed by atoms with Crippen LogP contribution in [0.3, 0.4) is 0 Å². The average molecular weight is 396 g/mol. The van der Waals surface area contributed by atoms with Gasteiger partial charge in [-0.1, -0.05) is 42.5 Å². The zero-order chi connectivity index (χ0) is 21.3. The van der Waals surface area contributed by atoms with Crippen LogP contribution >= 0.6 is 0 Å². The SMILES string of the molecule is Cc1cc(C(=O)OCc2ccc(-c3ccccc3C#N)cc2)c2c(C)nn(C)c2n1. The van der Waals surface area contributed by atoms with Crippen molar-refractivity contribution in [1.82, 2.24) is 14.8 Å². The molecule has 0 radical (unpaired) electrons. The van der Waals surface area contributed by atoms with Gasteiger partial charge in [0, 0.05) is 12.7 Å². The van der Waals surface area contributed by atoms with E-state index in [9.17, 15) is 10.1 Å². The van der Waals surface area contributed by atoms with E-state index in [4.69, 9.17) is 4.74 Å². The number of pyridine rings is 1. The number of nitrogens with zero attached hydrogens (tertiary/aromatic N) is 4. The summed E-state index contributed by atoms with van der Waals surface area (Å²) < 4.78 is 7.25. The molecule has 2 aromatic carbocycles. The van der Waals surface area contributed by atoms with Gasteiger partial charge in [-0.3, -0.25) is 4.68 Å². The van der Waals surface area contributed by atoms with Crippen LogP contribution in [0.15, 0.2) is 54.6 Å². The van der Waals surface area contributed by atoms with Crippen molar-refractivity contribution in [2.45, 2.75) is 20.5 Å². The van der Waals surface area contributed by atoms with Gasteiger partial charge in [0.15, 0.2) is 5.65 Å². The van der Waals surface area contributed by atoms with Gasteiger partial charge in [0.05, 0.1) is 28.3 Å². The number of aryl methyl sites for hydroxylation is 3. The van der Waals surface area contributed by atoms with Gasteiger partial charge < -0.3 is 4.74 Å². The molecule has 6 heteroatoms. The lowest BCUT2D eigenvalue weighted by molar-refractivity contribution is 0.0475. The Balaban J connectivity index is 1.54. The molecule has 0 aliphatic rings. The van der Waals surface area contributed by atoms with Crippen molar-refractivity contribution in [3.05, 3.63) is 82.7 Å². The van der Waals surface area contributed by atoms with E-state index < -0.39 is 5.97 Å². The van der Waals surface area contributed by atoms with Gasteiger partial charge in [-0.15, -0.1) is 0 Å². The van der Waals surface area contributed by atoms with Gasteiger partial charge in [-0.25, -0.2) is 9.78 Å². The molecule has 4 aromatic rings. The number of ether oxygens (including phenoxy) is 1. The Hall–Kier alpha value is -3.98. The zero-order valence-electron chi connectivity index (χ0n) is 17.0. The Morgan fingerprint density at radius 3 is 2.60 bits per heavy atom. The Bertz CT molecular complexity index is 1300. The highest BCUT2D eigenvalue weighted by molar-refractivity contribution is 6.03. The first-order valence-corrected chi connectivity index (χ1v) is 9.54. The van der Waals surface area contributed by atoms with E-state index in [2.05, 4.69) is 16.2 Å². The highest BCUT2D eigenvalue weighted by Crippen LogP contribution is 2.25. The van der Waals surface area contributed by atoms with Crippen molar-refractivity contribution in [2.75, 3.05) is 0 Å². The van der Waals surface area contributed by atoms with Crippen LogP contribution in [0.1, 0.15) is 32.9 Å². The molecule has 2 aromatic heterocycles. The predicted molar refractivity (Wildman–Crippen MR) is 114 cm³/mol. The summed E-state index contributed by atoms with van der Waals surface area (Å²) in [7, 11) is 1.81. The number of carbonyl (C=O) groups excluding carboxylic acids is 1. The van der Waals surface area contributed by atoms with Crippen LogP contribution in [0.4, 0.5) is 0 Å². The Morgan fingerprint density at radius 1 is 1.13 bits per heavy atom. The summed E-state index contributed by atoms with van der Waals surface area (Å²) >= 11 is 0. The molecule has 4 rings (SSSR count). The van der Waals surface area contributed by atoms with Crippen LogP contribution in [0.25, 0.3) is 22.2 Å². The summed E-state index contributed by atoms with van der Waals surface area (Å²) in [5.74, 6) is -0.402. The molecule has 0 fully saturated rings. The van der Waals surface area contributed by atoms with Crippen LogP contribution in [0, 0.1) is 25.2 Å². The number of hydrogen-bond donors (Lipinski definition) is 0. The van der Waals surface area contributed by atoms with Crippen LogP contribution in [-0.2, 0) is 18.4 Å². The van der Waals surface area contributed by atoms with E-state index in [1.54, 1.807) is 16.8 Å². The number of esters is 1. The number of hydrogen-bond acceptors (Lipinski definition) is 5. The molecule has 6 nitrogen and oxygen atoms in total. The maximum atomic E-state index is 12.8. The van der Waals surface area contributed by atoms with Gasteiger partial charge in [0.25, 0.3) is 0 Å². The standard InChI is InChI=1S/C24H20N4O2/c1-15-12-21(22-16(2)27-28(3)23(22)26-15)24(29)30-14-17-8-10-18(11-9-17)20-7-5-4-6-19(20)13-25/h4-12H,14H2,1-3H3. The maximum Gasteiger partial charge on any atom is 0.339 e. The average Bonchev–Trinajstić information content (AvgIpc) is 3.05. The number of rotatable bonds is 4. The highest BCUT2D eigenvalue weighted by Gasteiger charge is 2.19. The number of carbonyl (C=O) groups is 1. The fourth-order valence-electron chi connectivity index (χ4n) is 3.57. The summed E-state index contributed by atoms with van der Waals surface area (Å²) in [6.45, 7) is 3.85. The summed E-state index contributed by atoms with van der Waals surface area (Å²) in [5.41, 5.74) is 5.94. The normalized spacial score (nSPS) is 10.7. The third-order valence-corrected chi connectivity index (χ3v) is 5.00.